The fourth-order valence-electron chi connectivity index (χ4n) is 3.08. The Balaban J connectivity index is 2.02. The van der Waals surface area contributed by atoms with Crippen molar-refractivity contribution in [3.63, 3.8) is 0 Å². The summed E-state index contributed by atoms with van der Waals surface area (Å²) >= 11 is 0. The minimum Gasteiger partial charge on any atom is -0.465 e. The molecule has 0 aromatic heterocycles. The van der Waals surface area contributed by atoms with Gasteiger partial charge in [0.25, 0.3) is 0 Å². The second kappa shape index (κ2) is 4.69. The molecule has 2 aliphatic rings. The van der Waals surface area contributed by atoms with E-state index in [1.807, 2.05) is 12.1 Å². The third-order valence-corrected chi connectivity index (χ3v) is 4.10. The molecule has 2 aliphatic carbocycles. The SMILES string of the molecule is COC(=O)c1cccc2c1CC1=C(C=CC(C)C1)C2. The topological polar surface area (TPSA) is 26.3 Å². The highest BCUT2D eigenvalue weighted by atomic mass is 16.5. The van der Waals surface area contributed by atoms with E-state index in [0.717, 1.165) is 30.4 Å². The van der Waals surface area contributed by atoms with Crippen LogP contribution in [0.5, 0.6) is 0 Å². The van der Waals surface area contributed by atoms with Gasteiger partial charge in [-0.15, -0.1) is 0 Å². The molecule has 0 heterocycles. The minimum absolute atomic E-state index is 0.222. The van der Waals surface area contributed by atoms with Crippen LogP contribution < -0.4 is 0 Å². The van der Waals surface area contributed by atoms with E-state index in [9.17, 15) is 4.79 Å². The summed E-state index contributed by atoms with van der Waals surface area (Å²) in [7, 11) is 1.45. The lowest BCUT2D eigenvalue weighted by molar-refractivity contribution is 0.0599. The van der Waals surface area contributed by atoms with Gasteiger partial charge in [-0.1, -0.05) is 36.8 Å². The van der Waals surface area contributed by atoms with Crippen LogP contribution in [0.25, 0.3) is 0 Å². The first-order chi connectivity index (χ1) is 9.19. The van der Waals surface area contributed by atoms with E-state index in [0.29, 0.717) is 5.92 Å². The van der Waals surface area contributed by atoms with E-state index >= 15 is 0 Å². The summed E-state index contributed by atoms with van der Waals surface area (Å²) in [6, 6.07) is 5.95. The Morgan fingerprint density at radius 3 is 2.95 bits per heavy atom. The van der Waals surface area contributed by atoms with Gasteiger partial charge >= 0.3 is 5.97 Å². The molecule has 1 atom stereocenters. The van der Waals surface area contributed by atoms with Crippen molar-refractivity contribution in [3.8, 4) is 0 Å². The zero-order valence-electron chi connectivity index (χ0n) is 11.4. The van der Waals surface area contributed by atoms with Crippen molar-refractivity contribution in [2.24, 2.45) is 5.92 Å². The van der Waals surface area contributed by atoms with E-state index in [-0.39, 0.29) is 5.97 Å². The Labute approximate surface area is 113 Å². The Hall–Kier alpha value is -1.83. The molecule has 2 nitrogen and oxygen atoms in total. The molecule has 0 fully saturated rings. The summed E-state index contributed by atoms with van der Waals surface area (Å²) in [4.78, 5) is 11.9. The van der Waals surface area contributed by atoms with Crippen molar-refractivity contribution >= 4 is 5.97 Å². The van der Waals surface area contributed by atoms with Crippen molar-refractivity contribution in [2.75, 3.05) is 7.11 Å². The second-order valence-electron chi connectivity index (χ2n) is 5.46. The molecule has 19 heavy (non-hydrogen) atoms. The lowest BCUT2D eigenvalue weighted by atomic mass is 9.78. The maximum absolute atomic E-state index is 11.9. The number of carbonyl (C=O) groups excluding carboxylic acids is 1. The number of benzene rings is 1. The Morgan fingerprint density at radius 1 is 1.32 bits per heavy atom. The van der Waals surface area contributed by atoms with E-state index in [1.165, 1.54) is 23.8 Å². The van der Waals surface area contributed by atoms with Crippen LogP contribution in [0.3, 0.4) is 0 Å². The Kier molecular flexibility index (Phi) is 3.02. The van der Waals surface area contributed by atoms with E-state index in [2.05, 4.69) is 25.1 Å². The van der Waals surface area contributed by atoms with Gasteiger partial charge in [-0.2, -0.15) is 0 Å². The van der Waals surface area contributed by atoms with Crippen molar-refractivity contribution < 1.29 is 9.53 Å². The molecule has 0 N–H and O–H groups in total. The molecule has 1 aromatic carbocycles. The number of ether oxygens (including phenoxy) is 1. The predicted molar refractivity (Wildman–Crippen MR) is 75.1 cm³/mol. The van der Waals surface area contributed by atoms with Crippen LogP contribution in [0.15, 0.2) is 41.5 Å². The van der Waals surface area contributed by atoms with Crippen LogP contribution >= 0.6 is 0 Å². The van der Waals surface area contributed by atoms with Gasteiger partial charge in [-0.05, 0) is 47.9 Å². The molecule has 1 unspecified atom stereocenters. The van der Waals surface area contributed by atoms with E-state index in [4.69, 9.17) is 4.74 Å². The lowest BCUT2D eigenvalue weighted by Gasteiger charge is -2.27. The molecule has 3 rings (SSSR count). The summed E-state index contributed by atoms with van der Waals surface area (Å²) in [6.45, 7) is 2.24. The summed E-state index contributed by atoms with van der Waals surface area (Å²) < 4.78 is 4.89. The average molecular weight is 254 g/mol. The normalized spacial score (nSPS) is 20.8. The van der Waals surface area contributed by atoms with Gasteiger partial charge in [-0.3, -0.25) is 0 Å². The lowest BCUT2D eigenvalue weighted by Crippen LogP contribution is -2.17. The van der Waals surface area contributed by atoms with Crippen LogP contribution in [0.1, 0.15) is 34.8 Å². The average Bonchev–Trinajstić information content (AvgIpc) is 2.43. The van der Waals surface area contributed by atoms with Crippen LogP contribution in [0.2, 0.25) is 0 Å². The third kappa shape index (κ3) is 2.12. The van der Waals surface area contributed by atoms with Crippen molar-refractivity contribution in [1.82, 2.24) is 0 Å². The van der Waals surface area contributed by atoms with Crippen LogP contribution in [0.4, 0.5) is 0 Å². The first-order valence-corrected chi connectivity index (χ1v) is 6.77. The molecule has 0 amide bonds. The number of allylic oxidation sites excluding steroid dienone is 4. The number of fused-ring (bicyclic) bond motifs is 1. The van der Waals surface area contributed by atoms with Crippen LogP contribution in [-0.4, -0.2) is 13.1 Å². The highest BCUT2D eigenvalue weighted by Crippen LogP contribution is 2.35. The zero-order chi connectivity index (χ0) is 13.4. The van der Waals surface area contributed by atoms with Gasteiger partial charge in [0.1, 0.15) is 0 Å². The molecule has 0 radical (unpaired) electrons. The quantitative estimate of drug-likeness (QED) is 0.717. The maximum Gasteiger partial charge on any atom is 0.338 e. The Morgan fingerprint density at radius 2 is 2.16 bits per heavy atom. The molecule has 1 aromatic rings. The third-order valence-electron chi connectivity index (χ3n) is 4.10. The second-order valence-corrected chi connectivity index (χ2v) is 5.46. The highest BCUT2D eigenvalue weighted by Gasteiger charge is 2.24. The summed E-state index contributed by atoms with van der Waals surface area (Å²) in [6.07, 6.45) is 7.50. The fraction of sp³-hybridized carbons (Fsp3) is 0.353. The summed E-state index contributed by atoms with van der Waals surface area (Å²) in [5.41, 5.74) is 6.08. The minimum atomic E-state index is -0.222. The van der Waals surface area contributed by atoms with Crippen molar-refractivity contribution in [3.05, 3.63) is 58.2 Å². The molecule has 0 spiro atoms. The molecule has 0 aliphatic heterocycles. The molecule has 98 valence electrons. The Bertz CT molecular complexity index is 593. The molecule has 2 heteroatoms. The summed E-state index contributed by atoms with van der Waals surface area (Å²) in [5, 5.41) is 0. The molecule has 0 saturated heterocycles. The number of hydrogen-bond acceptors (Lipinski definition) is 2. The largest absolute Gasteiger partial charge is 0.465 e. The van der Waals surface area contributed by atoms with Crippen molar-refractivity contribution in [2.45, 2.75) is 26.2 Å². The molecule has 0 saturated carbocycles. The highest BCUT2D eigenvalue weighted by molar-refractivity contribution is 5.91. The van der Waals surface area contributed by atoms with Crippen molar-refractivity contribution in [1.29, 1.82) is 0 Å². The van der Waals surface area contributed by atoms with Crippen LogP contribution in [0, 0.1) is 5.92 Å². The number of methoxy groups -OCH3 is 1. The van der Waals surface area contributed by atoms with E-state index < -0.39 is 0 Å². The first kappa shape index (κ1) is 12.2. The van der Waals surface area contributed by atoms with Gasteiger partial charge in [-0.25, -0.2) is 4.79 Å². The first-order valence-electron chi connectivity index (χ1n) is 6.77. The zero-order valence-corrected chi connectivity index (χ0v) is 11.4. The fourth-order valence-corrected chi connectivity index (χ4v) is 3.08. The molecular weight excluding hydrogens is 236 g/mol. The smallest absolute Gasteiger partial charge is 0.338 e. The number of esters is 1. The van der Waals surface area contributed by atoms with Gasteiger partial charge in [0.15, 0.2) is 0 Å². The number of hydrogen-bond donors (Lipinski definition) is 0. The van der Waals surface area contributed by atoms with Gasteiger partial charge < -0.3 is 4.74 Å². The predicted octanol–water partition coefficient (Wildman–Crippen LogP) is 3.46. The molecular formula is C17H18O2. The number of carbonyl (C=O) groups is 1. The standard InChI is InChI=1S/C17H18O2/c1-11-6-7-12-9-13-4-3-5-15(17(18)19-2)16(13)10-14(12)8-11/h3-7,11H,8-10H2,1-2H3. The van der Waals surface area contributed by atoms with E-state index in [1.54, 1.807) is 0 Å². The van der Waals surface area contributed by atoms with Crippen LogP contribution in [-0.2, 0) is 17.6 Å². The number of rotatable bonds is 1. The molecule has 0 bridgehead atoms. The summed E-state index contributed by atoms with van der Waals surface area (Å²) in [5.74, 6) is 0.380. The van der Waals surface area contributed by atoms with Gasteiger partial charge in [0, 0.05) is 0 Å². The maximum atomic E-state index is 11.9. The van der Waals surface area contributed by atoms with Gasteiger partial charge in [0.05, 0.1) is 12.7 Å². The monoisotopic (exact) mass is 254 g/mol. The van der Waals surface area contributed by atoms with Gasteiger partial charge in [0.2, 0.25) is 0 Å².